The van der Waals surface area contributed by atoms with E-state index in [9.17, 15) is 0 Å². The van der Waals surface area contributed by atoms with Crippen molar-refractivity contribution in [2.45, 2.75) is 12.8 Å². The molecule has 0 saturated carbocycles. The predicted molar refractivity (Wildman–Crippen MR) is 60.7 cm³/mol. The Hall–Kier alpha value is -1.29. The third-order valence-electron chi connectivity index (χ3n) is 2.60. The number of ether oxygens (including phenoxy) is 1. The molecule has 1 aliphatic heterocycles. The average molecular weight is 207 g/mol. The highest BCUT2D eigenvalue weighted by atomic mass is 16.5. The number of pyridine rings is 1. The molecule has 2 heterocycles. The van der Waals surface area contributed by atoms with Crippen LogP contribution in [0.15, 0.2) is 18.2 Å². The lowest BCUT2D eigenvalue weighted by atomic mass is 10.0. The number of aromatic nitrogens is 1. The lowest BCUT2D eigenvalue weighted by molar-refractivity contribution is 0.0595. The summed E-state index contributed by atoms with van der Waals surface area (Å²) in [6.07, 6.45) is 2.39. The molecule has 0 radical (unpaired) electrons. The maximum absolute atomic E-state index is 5.59. The van der Waals surface area contributed by atoms with Gasteiger partial charge in [0.2, 0.25) is 0 Å². The highest BCUT2D eigenvalue weighted by Crippen LogP contribution is 2.14. The predicted octanol–water partition coefficient (Wildman–Crippen LogP) is 1.50. The van der Waals surface area contributed by atoms with Crippen molar-refractivity contribution in [3.8, 4) is 0 Å². The average Bonchev–Trinajstić information content (AvgIpc) is 2.28. The molecule has 4 heteroatoms. The number of hydrogen-bond acceptors (Lipinski definition) is 4. The van der Waals surface area contributed by atoms with E-state index in [4.69, 9.17) is 10.5 Å². The molecule has 1 fully saturated rings. The van der Waals surface area contributed by atoms with E-state index in [0.717, 1.165) is 32.0 Å². The van der Waals surface area contributed by atoms with Crippen LogP contribution < -0.4 is 11.1 Å². The first-order valence-corrected chi connectivity index (χ1v) is 5.39. The van der Waals surface area contributed by atoms with Crippen molar-refractivity contribution >= 4 is 11.6 Å². The van der Waals surface area contributed by atoms with E-state index in [1.54, 1.807) is 6.07 Å². The van der Waals surface area contributed by atoms with E-state index in [1.165, 1.54) is 6.42 Å². The molecule has 1 aromatic heterocycles. The molecule has 0 aromatic carbocycles. The van der Waals surface area contributed by atoms with E-state index in [2.05, 4.69) is 10.3 Å². The van der Waals surface area contributed by atoms with Gasteiger partial charge in [-0.15, -0.1) is 0 Å². The zero-order valence-corrected chi connectivity index (χ0v) is 8.78. The summed E-state index contributed by atoms with van der Waals surface area (Å²) in [4.78, 5) is 4.18. The van der Waals surface area contributed by atoms with Gasteiger partial charge in [0.1, 0.15) is 11.6 Å². The number of nitrogens with zero attached hydrogens (tertiary/aromatic N) is 1. The summed E-state index contributed by atoms with van der Waals surface area (Å²) < 4.78 is 5.41. The van der Waals surface area contributed by atoms with E-state index in [0.29, 0.717) is 11.7 Å². The van der Waals surface area contributed by atoms with Gasteiger partial charge in [0, 0.05) is 13.2 Å². The Kier molecular flexibility index (Phi) is 3.40. The van der Waals surface area contributed by atoms with Crippen LogP contribution in [0.1, 0.15) is 12.8 Å². The zero-order valence-electron chi connectivity index (χ0n) is 8.78. The van der Waals surface area contributed by atoms with Crippen LogP contribution in [-0.4, -0.2) is 24.7 Å². The monoisotopic (exact) mass is 207 g/mol. The second kappa shape index (κ2) is 4.98. The molecule has 1 aliphatic rings. The van der Waals surface area contributed by atoms with Gasteiger partial charge in [-0.3, -0.25) is 0 Å². The SMILES string of the molecule is Nc1cccc(NCC2CCCOC2)n1. The molecule has 0 bridgehead atoms. The Bertz CT molecular complexity index is 310. The van der Waals surface area contributed by atoms with Crippen LogP contribution in [0.3, 0.4) is 0 Å². The largest absolute Gasteiger partial charge is 0.384 e. The fourth-order valence-electron chi connectivity index (χ4n) is 1.77. The molecule has 3 N–H and O–H groups in total. The molecule has 1 aromatic rings. The number of nitrogen functional groups attached to an aromatic ring is 1. The molecular weight excluding hydrogens is 190 g/mol. The van der Waals surface area contributed by atoms with Gasteiger partial charge in [0.25, 0.3) is 0 Å². The Morgan fingerprint density at radius 3 is 3.20 bits per heavy atom. The van der Waals surface area contributed by atoms with Crippen molar-refractivity contribution in [1.29, 1.82) is 0 Å². The van der Waals surface area contributed by atoms with Gasteiger partial charge in [0.15, 0.2) is 0 Å². The van der Waals surface area contributed by atoms with Crippen molar-refractivity contribution in [2.75, 3.05) is 30.8 Å². The summed E-state index contributed by atoms with van der Waals surface area (Å²) in [6, 6.07) is 5.62. The van der Waals surface area contributed by atoms with Crippen LogP contribution >= 0.6 is 0 Å². The Labute approximate surface area is 89.8 Å². The smallest absolute Gasteiger partial charge is 0.128 e. The second-order valence-corrected chi connectivity index (χ2v) is 3.91. The minimum atomic E-state index is 0.555. The van der Waals surface area contributed by atoms with Crippen molar-refractivity contribution in [3.05, 3.63) is 18.2 Å². The molecule has 1 atom stereocenters. The fraction of sp³-hybridized carbons (Fsp3) is 0.545. The summed E-state index contributed by atoms with van der Waals surface area (Å²) in [5, 5.41) is 3.28. The van der Waals surface area contributed by atoms with Gasteiger partial charge in [-0.25, -0.2) is 4.98 Å². The number of nitrogens with two attached hydrogens (primary N) is 1. The van der Waals surface area contributed by atoms with Gasteiger partial charge < -0.3 is 15.8 Å². The Morgan fingerprint density at radius 1 is 1.53 bits per heavy atom. The van der Waals surface area contributed by atoms with Crippen molar-refractivity contribution < 1.29 is 4.74 Å². The third-order valence-corrected chi connectivity index (χ3v) is 2.60. The first-order chi connectivity index (χ1) is 7.34. The molecule has 0 spiro atoms. The third kappa shape index (κ3) is 3.09. The van der Waals surface area contributed by atoms with Crippen LogP contribution in [0.2, 0.25) is 0 Å². The maximum Gasteiger partial charge on any atom is 0.128 e. The Balaban J connectivity index is 1.81. The normalized spacial score (nSPS) is 21.2. The van der Waals surface area contributed by atoms with Crippen molar-refractivity contribution in [1.82, 2.24) is 4.98 Å². The van der Waals surface area contributed by atoms with Crippen LogP contribution in [0, 0.1) is 5.92 Å². The highest BCUT2D eigenvalue weighted by Gasteiger charge is 2.13. The molecule has 2 rings (SSSR count). The minimum Gasteiger partial charge on any atom is -0.384 e. The van der Waals surface area contributed by atoms with Crippen LogP contribution in [0.5, 0.6) is 0 Å². The quantitative estimate of drug-likeness (QED) is 0.788. The molecule has 0 aliphatic carbocycles. The van der Waals surface area contributed by atoms with E-state index in [-0.39, 0.29) is 0 Å². The maximum atomic E-state index is 5.59. The van der Waals surface area contributed by atoms with Gasteiger partial charge in [-0.2, -0.15) is 0 Å². The lowest BCUT2D eigenvalue weighted by Crippen LogP contribution is -2.24. The van der Waals surface area contributed by atoms with E-state index in [1.807, 2.05) is 12.1 Å². The standard InChI is InChI=1S/C11H17N3O/c12-10-4-1-5-11(14-10)13-7-9-3-2-6-15-8-9/h1,4-5,9H,2-3,6-8H2,(H3,12,13,14). The first kappa shape index (κ1) is 10.2. The summed E-state index contributed by atoms with van der Waals surface area (Å²) in [6.45, 7) is 2.68. The summed E-state index contributed by atoms with van der Waals surface area (Å²) >= 11 is 0. The molecule has 1 saturated heterocycles. The number of nitrogens with one attached hydrogen (secondary N) is 1. The fourth-order valence-corrected chi connectivity index (χ4v) is 1.77. The second-order valence-electron chi connectivity index (χ2n) is 3.91. The highest BCUT2D eigenvalue weighted by molar-refractivity contribution is 5.42. The van der Waals surface area contributed by atoms with Gasteiger partial charge in [-0.05, 0) is 30.9 Å². The molecule has 1 unspecified atom stereocenters. The number of anilines is 2. The number of hydrogen-bond donors (Lipinski definition) is 2. The zero-order chi connectivity index (χ0) is 10.5. The Morgan fingerprint density at radius 2 is 2.47 bits per heavy atom. The summed E-state index contributed by atoms with van der Waals surface area (Å²) in [5.74, 6) is 2.00. The van der Waals surface area contributed by atoms with E-state index >= 15 is 0 Å². The summed E-state index contributed by atoms with van der Waals surface area (Å²) in [5.41, 5.74) is 5.59. The number of rotatable bonds is 3. The molecule has 4 nitrogen and oxygen atoms in total. The molecule has 15 heavy (non-hydrogen) atoms. The van der Waals surface area contributed by atoms with Crippen LogP contribution in [0.4, 0.5) is 11.6 Å². The topological polar surface area (TPSA) is 60.2 Å². The van der Waals surface area contributed by atoms with Crippen LogP contribution in [0.25, 0.3) is 0 Å². The molecule has 82 valence electrons. The van der Waals surface area contributed by atoms with Crippen molar-refractivity contribution in [2.24, 2.45) is 5.92 Å². The summed E-state index contributed by atoms with van der Waals surface area (Å²) in [7, 11) is 0. The van der Waals surface area contributed by atoms with Crippen LogP contribution in [-0.2, 0) is 4.74 Å². The molecular formula is C11H17N3O. The lowest BCUT2D eigenvalue weighted by Gasteiger charge is -2.22. The van der Waals surface area contributed by atoms with Gasteiger partial charge in [-0.1, -0.05) is 6.07 Å². The molecule has 0 amide bonds. The first-order valence-electron chi connectivity index (χ1n) is 5.39. The van der Waals surface area contributed by atoms with Crippen molar-refractivity contribution in [3.63, 3.8) is 0 Å². The van der Waals surface area contributed by atoms with Gasteiger partial charge >= 0.3 is 0 Å². The van der Waals surface area contributed by atoms with E-state index < -0.39 is 0 Å². The van der Waals surface area contributed by atoms with Gasteiger partial charge in [0.05, 0.1) is 6.61 Å². The minimum absolute atomic E-state index is 0.555.